The molecule has 0 unspecified atom stereocenters. The normalized spacial score (nSPS) is 13.4. The number of nitrogens with one attached hydrogen (secondary N) is 1. The molecule has 3 aromatic carbocycles. The summed E-state index contributed by atoms with van der Waals surface area (Å²) in [5, 5.41) is 5.24. The first kappa shape index (κ1) is 28.9. The number of rotatable bonds is 10. The van der Waals surface area contributed by atoms with E-state index in [0.29, 0.717) is 15.6 Å². The van der Waals surface area contributed by atoms with Gasteiger partial charge in [0.1, 0.15) is 6.04 Å². The lowest BCUT2D eigenvalue weighted by Crippen LogP contribution is -2.52. The van der Waals surface area contributed by atoms with E-state index in [1.165, 1.54) is 18.0 Å². The van der Waals surface area contributed by atoms with Crippen LogP contribution >= 0.6 is 23.2 Å². The van der Waals surface area contributed by atoms with Crippen LogP contribution in [0.1, 0.15) is 32.8 Å². The molecule has 10 heteroatoms. The van der Waals surface area contributed by atoms with Crippen molar-refractivity contribution in [3.8, 4) is 0 Å². The molecule has 0 aliphatic carbocycles. The summed E-state index contributed by atoms with van der Waals surface area (Å²) in [4.78, 5) is 27.8. The number of carbonyl (C=O) groups is 2. The highest BCUT2D eigenvalue weighted by atomic mass is 35.5. The number of hydrogen-bond donors (Lipinski definition) is 1. The summed E-state index contributed by atoms with van der Waals surface area (Å²) in [6.07, 6.45) is 0.718. The van der Waals surface area contributed by atoms with Crippen molar-refractivity contribution in [1.29, 1.82) is 0 Å². The Balaban J connectivity index is 1.89. The van der Waals surface area contributed by atoms with Crippen LogP contribution in [0, 0.1) is 0 Å². The number of likely N-dealkylation sites (N-methyl/N-ethyl adjacent to an activating group) is 1. The molecule has 3 rings (SSSR count). The molecule has 198 valence electrons. The zero-order chi connectivity index (χ0) is 27.3. The van der Waals surface area contributed by atoms with Crippen molar-refractivity contribution in [2.45, 2.75) is 50.7 Å². The Morgan fingerprint density at radius 1 is 0.946 bits per heavy atom. The SMILES string of the molecule is CC[C@H](C)NC(=O)[C@@H](C)N(Cc1c(Cl)cccc1Cl)C(=O)CN(C)S(=O)(=O)c1ccc2ccccc2c1. The standard InChI is InChI=1S/C27H31Cl2N3O4S/c1-5-18(2)30-27(34)19(3)32(16-23-24(28)11-8-12-25(23)29)26(33)17-31(4)37(35,36)22-14-13-20-9-6-7-10-21(20)15-22/h6-15,18-19H,5,16-17H2,1-4H3,(H,30,34)/t18-,19+/m0/s1. The fraction of sp³-hybridized carbons (Fsp3) is 0.333. The molecule has 0 aliphatic heterocycles. The summed E-state index contributed by atoms with van der Waals surface area (Å²) in [7, 11) is -2.64. The number of benzene rings is 3. The Morgan fingerprint density at radius 3 is 2.19 bits per heavy atom. The minimum Gasteiger partial charge on any atom is -0.352 e. The van der Waals surface area contributed by atoms with E-state index in [2.05, 4.69) is 5.32 Å². The molecule has 1 N–H and O–H groups in total. The molecular weight excluding hydrogens is 533 g/mol. The average molecular weight is 565 g/mol. The summed E-state index contributed by atoms with van der Waals surface area (Å²) in [6.45, 7) is 4.87. The molecule has 0 saturated carbocycles. The Kier molecular flexibility index (Phi) is 9.58. The smallest absolute Gasteiger partial charge is 0.243 e. The van der Waals surface area contributed by atoms with E-state index in [1.54, 1.807) is 37.3 Å². The Labute approximate surface area is 228 Å². The van der Waals surface area contributed by atoms with E-state index in [9.17, 15) is 18.0 Å². The van der Waals surface area contributed by atoms with E-state index in [4.69, 9.17) is 23.2 Å². The van der Waals surface area contributed by atoms with Crippen molar-refractivity contribution in [2.24, 2.45) is 0 Å². The van der Waals surface area contributed by atoms with Gasteiger partial charge in [-0.05, 0) is 55.3 Å². The lowest BCUT2D eigenvalue weighted by molar-refractivity contribution is -0.140. The third-order valence-corrected chi connectivity index (χ3v) is 8.85. The number of fused-ring (bicyclic) bond motifs is 1. The topological polar surface area (TPSA) is 86.8 Å². The maximum Gasteiger partial charge on any atom is 0.243 e. The molecule has 37 heavy (non-hydrogen) atoms. The van der Waals surface area contributed by atoms with E-state index < -0.39 is 28.5 Å². The fourth-order valence-electron chi connectivity index (χ4n) is 3.78. The molecule has 0 saturated heterocycles. The van der Waals surface area contributed by atoms with Crippen LogP contribution in [0.3, 0.4) is 0 Å². The first-order chi connectivity index (χ1) is 17.4. The predicted octanol–water partition coefficient (Wildman–Crippen LogP) is 5.10. The monoisotopic (exact) mass is 563 g/mol. The fourth-order valence-corrected chi connectivity index (χ4v) is 5.45. The van der Waals surface area contributed by atoms with Crippen molar-refractivity contribution in [3.63, 3.8) is 0 Å². The predicted molar refractivity (Wildman–Crippen MR) is 148 cm³/mol. The third kappa shape index (κ3) is 6.82. The van der Waals surface area contributed by atoms with Crippen LogP contribution in [0.2, 0.25) is 10.0 Å². The van der Waals surface area contributed by atoms with Gasteiger partial charge < -0.3 is 10.2 Å². The first-order valence-electron chi connectivity index (χ1n) is 11.9. The van der Waals surface area contributed by atoms with Gasteiger partial charge in [0.2, 0.25) is 21.8 Å². The van der Waals surface area contributed by atoms with Gasteiger partial charge in [-0.15, -0.1) is 0 Å². The molecular formula is C27H31Cl2N3O4S. The maximum atomic E-state index is 13.5. The van der Waals surface area contributed by atoms with Crippen LogP contribution in [0.4, 0.5) is 0 Å². The first-order valence-corrected chi connectivity index (χ1v) is 14.1. The van der Waals surface area contributed by atoms with Crippen molar-refractivity contribution in [1.82, 2.24) is 14.5 Å². The number of nitrogens with zero attached hydrogens (tertiary/aromatic N) is 2. The lowest BCUT2D eigenvalue weighted by atomic mass is 10.1. The van der Waals surface area contributed by atoms with E-state index in [1.807, 2.05) is 38.1 Å². The second-order valence-corrected chi connectivity index (χ2v) is 11.8. The summed E-state index contributed by atoms with van der Waals surface area (Å²) in [5.74, 6) is -0.916. The van der Waals surface area contributed by atoms with Crippen molar-refractivity contribution in [2.75, 3.05) is 13.6 Å². The van der Waals surface area contributed by atoms with Gasteiger partial charge >= 0.3 is 0 Å². The van der Waals surface area contributed by atoms with Crippen LogP contribution in [0.25, 0.3) is 10.8 Å². The van der Waals surface area contributed by atoms with E-state index in [-0.39, 0.29) is 23.4 Å². The summed E-state index contributed by atoms with van der Waals surface area (Å²) < 4.78 is 27.6. The largest absolute Gasteiger partial charge is 0.352 e. The van der Waals surface area contributed by atoms with Crippen molar-refractivity contribution >= 4 is 55.8 Å². The van der Waals surface area contributed by atoms with E-state index in [0.717, 1.165) is 21.5 Å². The summed E-state index contributed by atoms with van der Waals surface area (Å²) in [5.41, 5.74) is 0.474. The molecule has 2 amide bonds. The minimum atomic E-state index is -3.98. The molecule has 0 aromatic heterocycles. The van der Waals surface area contributed by atoms with Gasteiger partial charge in [-0.1, -0.05) is 66.5 Å². The molecule has 3 aromatic rings. The molecule has 0 spiro atoms. The lowest BCUT2D eigenvalue weighted by Gasteiger charge is -2.31. The van der Waals surface area contributed by atoms with Crippen LogP contribution in [0.5, 0.6) is 0 Å². The van der Waals surface area contributed by atoms with Crippen LogP contribution in [-0.2, 0) is 26.2 Å². The quantitative estimate of drug-likeness (QED) is 0.371. The minimum absolute atomic E-state index is 0.0592. The van der Waals surface area contributed by atoms with Crippen LogP contribution in [0.15, 0.2) is 65.6 Å². The molecule has 0 aliphatic rings. The van der Waals surface area contributed by atoms with Crippen molar-refractivity contribution in [3.05, 3.63) is 76.3 Å². The van der Waals surface area contributed by atoms with Gasteiger partial charge in [0, 0.05) is 35.2 Å². The second kappa shape index (κ2) is 12.3. The van der Waals surface area contributed by atoms with Gasteiger partial charge in [0.05, 0.1) is 11.4 Å². The number of carbonyl (C=O) groups excluding carboxylic acids is 2. The van der Waals surface area contributed by atoms with Gasteiger partial charge in [0.25, 0.3) is 0 Å². The Morgan fingerprint density at radius 2 is 1.57 bits per heavy atom. The van der Waals surface area contributed by atoms with Gasteiger partial charge in [-0.2, -0.15) is 4.31 Å². The second-order valence-electron chi connectivity index (χ2n) is 8.99. The third-order valence-electron chi connectivity index (χ3n) is 6.35. The van der Waals surface area contributed by atoms with Gasteiger partial charge in [0.15, 0.2) is 0 Å². The molecule has 2 atom stereocenters. The number of sulfonamides is 1. The Hall–Kier alpha value is -2.65. The van der Waals surface area contributed by atoms with Gasteiger partial charge in [-0.25, -0.2) is 8.42 Å². The summed E-state index contributed by atoms with van der Waals surface area (Å²) >= 11 is 12.7. The number of hydrogen-bond acceptors (Lipinski definition) is 4. The van der Waals surface area contributed by atoms with Crippen LogP contribution in [-0.4, -0.2) is 55.1 Å². The van der Waals surface area contributed by atoms with E-state index >= 15 is 0 Å². The van der Waals surface area contributed by atoms with Gasteiger partial charge in [-0.3, -0.25) is 9.59 Å². The average Bonchev–Trinajstić information content (AvgIpc) is 2.87. The molecule has 0 bridgehead atoms. The zero-order valence-corrected chi connectivity index (χ0v) is 23.6. The summed E-state index contributed by atoms with van der Waals surface area (Å²) in [6, 6.07) is 16.2. The maximum absolute atomic E-state index is 13.5. The Bertz CT molecular complexity index is 1380. The molecule has 0 heterocycles. The van der Waals surface area contributed by atoms with Crippen LogP contribution < -0.4 is 5.32 Å². The molecule has 0 fully saturated rings. The van der Waals surface area contributed by atoms with Crippen molar-refractivity contribution < 1.29 is 18.0 Å². The molecule has 0 radical (unpaired) electrons. The highest BCUT2D eigenvalue weighted by molar-refractivity contribution is 7.89. The highest BCUT2D eigenvalue weighted by Gasteiger charge is 2.31. The molecule has 7 nitrogen and oxygen atoms in total. The number of amides is 2. The highest BCUT2D eigenvalue weighted by Crippen LogP contribution is 2.27. The zero-order valence-electron chi connectivity index (χ0n) is 21.2. The number of halogens is 2.